The number of hydrogen-bond acceptors (Lipinski definition) is 3. The van der Waals surface area contributed by atoms with Crippen LogP contribution in [0.4, 0.5) is 4.39 Å². The Labute approximate surface area is 137 Å². The van der Waals surface area contributed by atoms with Gasteiger partial charge in [-0.15, -0.1) is 11.3 Å². The van der Waals surface area contributed by atoms with Crippen molar-refractivity contribution in [3.63, 3.8) is 0 Å². The lowest BCUT2D eigenvalue weighted by atomic mass is 9.98. The average Bonchev–Trinajstić information content (AvgIpc) is 3.14. The number of hydrogen-bond donors (Lipinski definition) is 1. The van der Waals surface area contributed by atoms with Crippen LogP contribution in [0.25, 0.3) is 0 Å². The molecular formula is C17H17FN2O2S. The first kappa shape index (κ1) is 15.7. The van der Waals surface area contributed by atoms with E-state index in [1.165, 1.54) is 12.1 Å². The third kappa shape index (κ3) is 3.27. The average molecular weight is 332 g/mol. The lowest BCUT2D eigenvalue weighted by Crippen LogP contribution is -2.33. The van der Waals surface area contributed by atoms with Gasteiger partial charge in [0.05, 0.1) is 12.0 Å². The highest BCUT2D eigenvalue weighted by molar-refractivity contribution is 7.10. The van der Waals surface area contributed by atoms with Crippen LogP contribution in [0.5, 0.6) is 0 Å². The van der Waals surface area contributed by atoms with Crippen molar-refractivity contribution in [2.75, 3.05) is 7.05 Å². The van der Waals surface area contributed by atoms with E-state index in [-0.39, 0.29) is 36.6 Å². The summed E-state index contributed by atoms with van der Waals surface area (Å²) in [6.45, 7) is 0.252. The smallest absolute Gasteiger partial charge is 0.226 e. The fourth-order valence-electron chi connectivity index (χ4n) is 2.92. The molecule has 1 aromatic heterocycles. The standard InChI is InChI=1S/C17H17FN2O2S/c1-20-15(21)9-13(16(20)14-6-3-7-23-14)17(22)19-10-11-4-2-5-12(18)8-11/h2-8,13,16H,9-10H2,1H3,(H,19,22). The first-order chi connectivity index (χ1) is 11.1. The maximum atomic E-state index is 13.2. The number of rotatable bonds is 4. The van der Waals surface area contributed by atoms with Crippen molar-refractivity contribution in [3.8, 4) is 0 Å². The van der Waals surface area contributed by atoms with Gasteiger partial charge in [-0.05, 0) is 29.1 Å². The molecule has 1 aliphatic rings. The molecule has 0 aliphatic carbocycles. The van der Waals surface area contributed by atoms with E-state index in [9.17, 15) is 14.0 Å². The highest BCUT2D eigenvalue weighted by Gasteiger charge is 2.43. The van der Waals surface area contributed by atoms with Crippen LogP contribution in [0.2, 0.25) is 0 Å². The Morgan fingerprint density at radius 1 is 1.39 bits per heavy atom. The molecular weight excluding hydrogens is 315 g/mol. The molecule has 2 amide bonds. The summed E-state index contributed by atoms with van der Waals surface area (Å²) in [5, 5.41) is 4.76. The van der Waals surface area contributed by atoms with E-state index in [2.05, 4.69) is 5.32 Å². The highest BCUT2D eigenvalue weighted by atomic mass is 32.1. The second-order valence-electron chi connectivity index (χ2n) is 5.62. The van der Waals surface area contributed by atoms with Gasteiger partial charge in [-0.2, -0.15) is 0 Å². The normalized spacial score (nSPS) is 20.8. The highest BCUT2D eigenvalue weighted by Crippen LogP contribution is 2.39. The topological polar surface area (TPSA) is 49.4 Å². The Morgan fingerprint density at radius 3 is 2.91 bits per heavy atom. The van der Waals surface area contributed by atoms with E-state index in [0.717, 1.165) is 4.88 Å². The summed E-state index contributed by atoms with van der Waals surface area (Å²) in [7, 11) is 1.73. The molecule has 1 saturated heterocycles. The summed E-state index contributed by atoms with van der Waals surface area (Å²) in [6.07, 6.45) is 0.202. The first-order valence-electron chi connectivity index (χ1n) is 7.37. The molecule has 2 unspecified atom stereocenters. The van der Waals surface area contributed by atoms with Crippen LogP contribution in [0, 0.1) is 11.7 Å². The third-order valence-corrected chi connectivity index (χ3v) is 5.06. The van der Waals surface area contributed by atoms with Crippen molar-refractivity contribution < 1.29 is 14.0 Å². The lowest BCUT2D eigenvalue weighted by molar-refractivity contribution is -0.128. The zero-order valence-corrected chi connectivity index (χ0v) is 13.5. The Morgan fingerprint density at radius 2 is 2.22 bits per heavy atom. The van der Waals surface area contributed by atoms with Crippen LogP contribution in [0.15, 0.2) is 41.8 Å². The van der Waals surface area contributed by atoms with Crippen molar-refractivity contribution in [2.45, 2.75) is 19.0 Å². The molecule has 0 saturated carbocycles. The zero-order chi connectivity index (χ0) is 16.4. The molecule has 1 fully saturated rings. The van der Waals surface area contributed by atoms with Gasteiger partial charge >= 0.3 is 0 Å². The minimum absolute atomic E-state index is 0.0331. The fraction of sp³-hybridized carbons (Fsp3) is 0.294. The second-order valence-corrected chi connectivity index (χ2v) is 6.60. The maximum absolute atomic E-state index is 13.2. The van der Waals surface area contributed by atoms with Gasteiger partial charge in [-0.1, -0.05) is 18.2 Å². The molecule has 0 radical (unpaired) electrons. The Kier molecular flexibility index (Phi) is 4.43. The molecule has 2 aromatic rings. The number of likely N-dealkylation sites (tertiary alicyclic amines) is 1. The van der Waals surface area contributed by atoms with Crippen LogP contribution >= 0.6 is 11.3 Å². The molecule has 1 N–H and O–H groups in total. The summed E-state index contributed by atoms with van der Waals surface area (Å²) in [5.41, 5.74) is 0.698. The zero-order valence-electron chi connectivity index (χ0n) is 12.7. The van der Waals surface area contributed by atoms with Gasteiger partial charge in [0.1, 0.15) is 5.82 Å². The van der Waals surface area contributed by atoms with Crippen LogP contribution < -0.4 is 5.32 Å². The van der Waals surface area contributed by atoms with Crippen molar-refractivity contribution >= 4 is 23.2 Å². The number of benzene rings is 1. The molecule has 1 aliphatic heterocycles. The second kappa shape index (κ2) is 6.50. The van der Waals surface area contributed by atoms with Crippen molar-refractivity contribution in [2.24, 2.45) is 5.92 Å². The van der Waals surface area contributed by atoms with E-state index >= 15 is 0 Å². The van der Waals surface area contributed by atoms with Gasteiger partial charge in [0.15, 0.2) is 0 Å². The predicted octanol–water partition coefficient (Wildman–Crippen LogP) is 2.72. The Balaban J connectivity index is 1.71. The molecule has 1 aromatic carbocycles. The van der Waals surface area contributed by atoms with Gasteiger partial charge in [0.2, 0.25) is 11.8 Å². The number of nitrogens with zero attached hydrogens (tertiary/aromatic N) is 1. The van der Waals surface area contributed by atoms with E-state index in [0.29, 0.717) is 5.56 Å². The van der Waals surface area contributed by atoms with Crippen LogP contribution in [0.1, 0.15) is 22.9 Å². The van der Waals surface area contributed by atoms with Crippen molar-refractivity contribution in [3.05, 3.63) is 58.0 Å². The van der Waals surface area contributed by atoms with Crippen LogP contribution in [-0.2, 0) is 16.1 Å². The number of amides is 2. The van der Waals surface area contributed by atoms with Crippen LogP contribution in [-0.4, -0.2) is 23.8 Å². The number of carbonyl (C=O) groups is 2. The largest absolute Gasteiger partial charge is 0.352 e. The van der Waals surface area contributed by atoms with Crippen molar-refractivity contribution in [1.82, 2.24) is 10.2 Å². The Hall–Kier alpha value is -2.21. The van der Waals surface area contributed by atoms with Gasteiger partial charge in [0, 0.05) is 24.9 Å². The molecule has 4 nitrogen and oxygen atoms in total. The summed E-state index contributed by atoms with van der Waals surface area (Å²) >= 11 is 1.54. The van der Waals surface area contributed by atoms with Gasteiger partial charge < -0.3 is 10.2 Å². The van der Waals surface area contributed by atoms with Gasteiger partial charge in [0.25, 0.3) is 0 Å². The quantitative estimate of drug-likeness (QED) is 0.936. The number of halogens is 1. The molecule has 3 rings (SSSR count). The minimum Gasteiger partial charge on any atom is -0.352 e. The van der Waals surface area contributed by atoms with E-state index in [4.69, 9.17) is 0 Å². The third-order valence-electron chi connectivity index (χ3n) is 4.11. The predicted molar refractivity (Wildman–Crippen MR) is 86.2 cm³/mol. The van der Waals surface area contributed by atoms with Crippen molar-refractivity contribution in [1.29, 1.82) is 0 Å². The monoisotopic (exact) mass is 332 g/mol. The Bertz CT molecular complexity index is 717. The summed E-state index contributed by atoms with van der Waals surface area (Å²) in [6, 6.07) is 9.75. The molecule has 2 atom stereocenters. The van der Waals surface area contributed by atoms with E-state index in [1.54, 1.807) is 35.4 Å². The number of thiophene rings is 1. The summed E-state index contributed by atoms with van der Waals surface area (Å²) < 4.78 is 13.2. The fourth-order valence-corrected chi connectivity index (χ4v) is 3.85. The van der Waals surface area contributed by atoms with Gasteiger partial charge in [-0.25, -0.2) is 4.39 Å². The molecule has 0 spiro atoms. The molecule has 23 heavy (non-hydrogen) atoms. The lowest BCUT2D eigenvalue weighted by Gasteiger charge is -2.23. The van der Waals surface area contributed by atoms with E-state index in [1.807, 2.05) is 17.5 Å². The summed E-state index contributed by atoms with van der Waals surface area (Å²) in [4.78, 5) is 27.2. The van der Waals surface area contributed by atoms with Crippen LogP contribution in [0.3, 0.4) is 0 Å². The molecule has 6 heteroatoms. The molecule has 120 valence electrons. The van der Waals surface area contributed by atoms with E-state index < -0.39 is 5.92 Å². The molecule has 2 heterocycles. The number of nitrogens with one attached hydrogen (secondary N) is 1. The number of carbonyl (C=O) groups excluding carboxylic acids is 2. The minimum atomic E-state index is -0.417. The summed E-state index contributed by atoms with van der Waals surface area (Å²) in [5.74, 6) is -0.955. The first-order valence-corrected chi connectivity index (χ1v) is 8.25. The molecule has 0 bridgehead atoms. The SMILES string of the molecule is CN1C(=O)CC(C(=O)NCc2cccc(F)c2)C1c1cccs1. The maximum Gasteiger partial charge on any atom is 0.226 e. The van der Waals surface area contributed by atoms with Gasteiger partial charge in [-0.3, -0.25) is 9.59 Å².